The smallest absolute Gasteiger partial charge is 0.317 e. The number of pyridine rings is 1. The van der Waals surface area contributed by atoms with E-state index in [1.54, 1.807) is 13.2 Å². The van der Waals surface area contributed by atoms with Gasteiger partial charge >= 0.3 is 6.03 Å². The molecule has 1 spiro atoms. The summed E-state index contributed by atoms with van der Waals surface area (Å²) in [6, 6.07) is 5.62. The van der Waals surface area contributed by atoms with Crippen LogP contribution in [0.5, 0.6) is 5.88 Å². The summed E-state index contributed by atoms with van der Waals surface area (Å²) in [7, 11) is 1.60. The van der Waals surface area contributed by atoms with Crippen molar-refractivity contribution in [1.82, 2.24) is 15.2 Å². The first-order chi connectivity index (χ1) is 11.2. The van der Waals surface area contributed by atoms with Gasteiger partial charge in [-0.25, -0.2) is 9.78 Å². The van der Waals surface area contributed by atoms with Gasteiger partial charge < -0.3 is 15.0 Å². The molecule has 2 fully saturated rings. The summed E-state index contributed by atoms with van der Waals surface area (Å²) in [5, 5.41) is 3.00. The predicted molar refractivity (Wildman–Crippen MR) is 92.9 cm³/mol. The summed E-state index contributed by atoms with van der Waals surface area (Å²) >= 11 is 2.08. The fourth-order valence-corrected chi connectivity index (χ4v) is 5.03. The van der Waals surface area contributed by atoms with Crippen LogP contribution in [-0.4, -0.2) is 46.6 Å². The van der Waals surface area contributed by atoms with Crippen LogP contribution in [0.25, 0.3) is 0 Å². The Bertz CT molecular complexity index is 541. The Hall–Kier alpha value is -1.43. The van der Waals surface area contributed by atoms with Crippen LogP contribution in [0.2, 0.25) is 0 Å². The van der Waals surface area contributed by atoms with E-state index in [4.69, 9.17) is 4.74 Å². The quantitative estimate of drug-likeness (QED) is 0.922. The second-order valence-corrected chi connectivity index (χ2v) is 7.91. The minimum absolute atomic E-state index is 0.0277. The summed E-state index contributed by atoms with van der Waals surface area (Å²) in [6.07, 6.45) is 6.44. The zero-order valence-electron chi connectivity index (χ0n) is 13.7. The number of rotatable bonds is 3. The molecular formula is C17H25N3O2S. The Morgan fingerprint density at radius 1 is 1.39 bits per heavy atom. The summed E-state index contributed by atoms with van der Waals surface area (Å²) in [6.45, 7) is 2.16. The number of methoxy groups -OCH3 is 1. The van der Waals surface area contributed by atoms with Crippen molar-refractivity contribution >= 4 is 17.8 Å². The van der Waals surface area contributed by atoms with Gasteiger partial charge in [0.25, 0.3) is 0 Å². The number of aromatic nitrogens is 1. The van der Waals surface area contributed by atoms with Crippen molar-refractivity contribution in [2.75, 3.05) is 26.0 Å². The molecule has 1 saturated heterocycles. The van der Waals surface area contributed by atoms with Crippen molar-refractivity contribution in [3.05, 3.63) is 23.9 Å². The van der Waals surface area contributed by atoms with Gasteiger partial charge in [-0.2, -0.15) is 11.8 Å². The molecule has 0 radical (unpaired) electrons. The van der Waals surface area contributed by atoms with Crippen LogP contribution in [-0.2, 0) is 6.54 Å². The topological polar surface area (TPSA) is 54.5 Å². The van der Waals surface area contributed by atoms with Gasteiger partial charge in [0.1, 0.15) is 0 Å². The third kappa shape index (κ3) is 4.10. The molecule has 0 atom stereocenters. The van der Waals surface area contributed by atoms with Crippen molar-refractivity contribution in [3.63, 3.8) is 0 Å². The molecule has 2 heterocycles. The molecule has 1 aliphatic carbocycles. The van der Waals surface area contributed by atoms with Gasteiger partial charge in [0.05, 0.1) is 19.3 Å². The standard InChI is InChI=1S/C17H25N3O2S/c1-22-15-7-5-6-14(19-15)12-18-16(21)20-10-11-23-17(13-20)8-3-2-4-9-17/h5-7H,2-4,8-13H2,1H3,(H,18,21). The van der Waals surface area contributed by atoms with Crippen LogP contribution in [0.1, 0.15) is 37.8 Å². The molecule has 0 bridgehead atoms. The van der Waals surface area contributed by atoms with Gasteiger partial charge in [-0.3, -0.25) is 0 Å². The second kappa shape index (κ2) is 7.43. The Labute approximate surface area is 142 Å². The van der Waals surface area contributed by atoms with Crippen LogP contribution in [0.4, 0.5) is 4.79 Å². The molecule has 126 valence electrons. The first-order valence-electron chi connectivity index (χ1n) is 8.37. The van der Waals surface area contributed by atoms with E-state index in [9.17, 15) is 4.79 Å². The predicted octanol–water partition coefficient (Wildman–Crippen LogP) is 3.05. The number of thioether (sulfide) groups is 1. The number of nitrogens with zero attached hydrogens (tertiary/aromatic N) is 2. The molecule has 2 amide bonds. The Morgan fingerprint density at radius 2 is 2.22 bits per heavy atom. The Balaban J connectivity index is 1.55. The average molecular weight is 335 g/mol. The van der Waals surface area contributed by atoms with E-state index in [0.29, 0.717) is 17.2 Å². The zero-order chi connectivity index (χ0) is 16.1. The number of carbonyl (C=O) groups is 1. The van der Waals surface area contributed by atoms with Gasteiger partial charge in [0.15, 0.2) is 0 Å². The maximum atomic E-state index is 12.5. The molecule has 3 rings (SSSR count). The second-order valence-electron chi connectivity index (χ2n) is 6.34. The molecule has 2 aliphatic rings. The number of carbonyl (C=O) groups excluding carboxylic acids is 1. The fraction of sp³-hybridized carbons (Fsp3) is 0.647. The normalized spacial score (nSPS) is 20.3. The van der Waals surface area contributed by atoms with E-state index in [2.05, 4.69) is 22.1 Å². The SMILES string of the molecule is COc1cccc(CNC(=O)N2CCSC3(CCCCC3)C2)n1. The van der Waals surface area contributed by atoms with Gasteiger partial charge in [0, 0.05) is 29.7 Å². The summed E-state index contributed by atoms with van der Waals surface area (Å²) < 4.78 is 5.42. The third-order valence-electron chi connectivity index (χ3n) is 4.71. The largest absolute Gasteiger partial charge is 0.481 e. The molecule has 0 unspecified atom stereocenters. The Kier molecular flexibility index (Phi) is 5.30. The minimum atomic E-state index is 0.0277. The van der Waals surface area contributed by atoms with Crippen LogP contribution < -0.4 is 10.1 Å². The lowest BCUT2D eigenvalue weighted by atomic mass is 9.87. The van der Waals surface area contributed by atoms with Crippen LogP contribution >= 0.6 is 11.8 Å². The molecule has 5 nitrogen and oxygen atoms in total. The summed E-state index contributed by atoms with van der Waals surface area (Å²) in [5.41, 5.74) is 0.816. The minimum Gasteiger partial charge on any atom is -0.481 e. The zero-order valence-corrected chi connectivity index (χ0v) is 14.5. The highest BCUT2D eigenvalue weighted by Gasteiger charge is 2.38. The van der Waals surface area contributed by atoms with Crippen LogP contribution in [0.15, 0.2) is 18.2 Å². The van der Waals surface area contributed by atoms with Crippen molar-refractivity contribution in [3.8, 4) is 5.88 Å². The van der Waals surface area contributed by atoms with E-state index >= 15 is 0 Å². The van der Waals surface area contributed by atoms with Gasteiger partial charge in [-0.1, -0.05) is 25.3 Å². The van der Waals surface area contributed by atoms with Crippen molar-refractivity contribution < 1.29 is 9.53 Å². The van der Waals surface area contributed by atoms with E-state index < -0.39 is 0 Å². The highest BCUT2D eigenvalue weighted by molar-refractivity contribution is 8.00. The van der Waals surface area contributed by atoms with Crippen LogP contribution in [0.3, 0.4) is 0 Å². The van der Waals surface area contributed by atoms with Gasteiger partial charge in [0.2, 0.25) is 5.88 Å². The number of hydrogen-bond acceptors (Lipinski definition) is 4. The maximum absolute atomic E-state index is 12.5. The molecule has 1 aromatic heterocycles. The highest BCUT2D eigenvalue weighted by Crippen LogP contribution is 2.42. The first kappa shape index (κ1) is 16.4. The lowest BCUT2D eigenvalue weighted by molar-refractivity contribution is 0.184. The molecule has 23 heavy (non-hydrogen) atoms. The van der Waals surface area contributed by atoms with Gasteiger partial charge in [-0.15, -0.1) is 0 Å². The van der Waals surface area contributed by atoms with E-state index in [-0.39, 0.29) is 6.03 Å². The van der Waals surface area contributed by atoms with Crippen molar-refractivity contribution in [2.24, 2.45) is 0 Å². The average Bonchev–Trinajstić information content (AvgIpc) is 2.60. The molecular weight excluding hydrogens is 310 g/mol. The molecule has 1 N–H and O–H groups in total. The van der Waals surface area contributed by atoms with E-state index in [1.807, 2.05) is 17.0 Å². The highest BCUT2D eigenvalue weighted by atomic mass is 32.2. The lowest BCUT2D eigenvalue weighted by Crippen LogP contribution is -2.52. The first-order valence-corrected chi connectivity index (χ1v) is 9.36. The number of amides is 2. The van der Waals surface area contributed by atoms with E-state index in [1.165, 1.54) is 32.1 Å². The molecule has 1 saturated carbocycles. The summed E-state index contributed by atoms with van der Waals surface area (Å²) in [5.74, 6) is 1.62. The van der Waals surface area contributed by atoms with Gasteiger partial charge in [-0.05, 0) is 18.9 Å². The number of urea groups is 1. The molecule has 0 aromatic carbocycles. The van der Waals surface area contributed by atoms with Crippen molar-refractivity contribution in [1.29, 1.82) is 0 Å². The molecule has 6 heteroatoms. The number of hydrogen-bond donors (Lipinski definition) is 1. The Morgan fingerprint density at radius 3 is 3.00 bits per heavy atom. The lowest BCUT2D eigenvalue weighted by Gasteiger charge is -2.44. The molecule has 1 aromatic rings. The van der Waals surface area contributed by atoms with E-state index in [0.717, 1.165) is 24.5 Å². The fourth-order valence-electron chi connectivity index (χ4n) is 3.46. The number of ether oxygens (including phenoxy) is 1. The maximum Gasteiger partial charge on any atom is 0.317 e. The summed E-state index contributed by atoms with van der Waals surface area (Å²) in [4.78, 5) is 18.8. The third-order valence-corrected chi connectivity index (χ3v) is 6.25. The van der Waals surface area contributed by atoms with Crippen LogP contribution in [0, 0.1) is 0 Å². The molecule has 1 aliphatic heterocycles. The van der Waals surface area contributed by atoms with Crippen molar-refractivity contribution in [2.45, 2.75) is 43.4 Å². The number of nitrogens with one attached hydrogen (secondary N) is 1. The monoisotopic (exact) mass is 335 g/mol.